The lowest BCUT2D eigenvalue weighted by Crippen LogP contribution is -2.13. The van der Waals surface area contributed by atoms with Crippen LogP contribution in [0.15, 0.2) is 36.7 Å². The number of nitrogens with zero attached hydrogens (tertiary/aromatic N) is 6. The average molecular weight is 452 g/mol. The van der Waals surface area contributed by atoms with Crippen molar-refractivity contribution in [3.8, 4) is 40.4 Å². The predicted molar refractivity (Wildman–Crippen MR) is 113 cm³/mol. The van der Waals surface area contributed by atoms with Crippen LogP contribution in [0.4, 0.5) is 10.2 Å². The summed E-state index contributed by atoms with van der Waals surface area (Å²) in [6.07, 6.45) is 2.30. The van der Waals surface area contributed by atoms with Crippen LogP contribution in [0.1, 0.15) is 24.3 Å². The molecule has 0 spiro atoms. The summed E-state index contributed by atoms with van der Waals surface area (Å²) in [7, 11) is 1.63. The number of hydrogen-bond donors (Lipinski definition) is 1. The van der Waals surface area contributed by atoms with E-state index in [0.717, 1.165) is 0 Å². The first-order valence-electron chi connectivity index (χ1n) is 9.48. The highest BCUT2D eigenvalue weighted by Crippen LogP contribution is 2.41. The van der Waals surface area contributed by atoms with Crippen molar-refractivity contribution in [2.45, 2.75) is 13.0 Å². The molecule has 2 bridgehead atoms. The zero-order valence-corrected chi connectivity index (χ0v) is 17.6. The van der Waals surface area contributed by atoms with Crippen LogP contribution in [0, 0.1) is 17.1 Å². The van der Waals surface area contributed by atoms with Crippen LogP contribution >= 0.6 is 11.6 Å². The molecule has 0 fully saturated rings. The van der Waals surface area contributed by atoms with E-state index >= 15 is 0 Å². The Morgan fingerprint density at radius 1 is 1.31 bits per heavy atom. The monoisotopic (exact) mass is 451 g/mol. The molecule has 11 heteroatoms. The smallest absolute Gasteiger partial charge is 0.249 e. The van der Waals surface area contributed by atoms with Crippen LogP contribution in [-0.4, -0.2) is 24.5 Å². The second-order valence-corrected chi connectivity index (χ2v) is 7.49. The number of nitrogens with two attached hydrogens (primary N) is 1. The van der Waals surface area contributed by atoms with Crippen molar-refractivity contribution in [3.63, 3.8) is 0 Å². The van der Waals surface area contributed by atoms with Gasteiger partial charge in [0.05, 0.1) is 22.5 Å². The summed E-state index contributed by atoms with van der Waals surface area (Å²) in [6, 6.07) is 8.15. The van der Waals surface area contributed by atoms with E-state index in [9.17, 15) is 9.65 Å². The number of pyridine rings is 1. The zero-order chi connectivity index (χ0) is 22.6. The number of fused-ring (bicyclic) bond motifs is 7. The molecule has 1 aliphatic rings. The third-order valence-electron chi connectivity index (χ3n) is 5.15. The number of ether oxygens (including phenoxy) is 2. The van der Waals surface area contributed by atoms with Gasteiger partial charge in [0.15, 0.2) is 11.6 Å². The molecular formula is C21H15ClFN7O2. The standard InChI is InChI=1S/C21H15ClFN7O2/c1-10-17-13(4-3-12(23)19(17)22)30-16(5-6-27-30)32-21-18(14(8-24)29(2)28-21)11-7-15(31-10)20(25)26-9-11/h3-7,9-10H,1-2H3,(H2,25,26)/t10-/m1/s1. The molecule has 5 rings (SSSR count). The maximum atomic E-state index is 14.4. The van der Waals surface area contributed by atoms with E-state index in [1.54, 1.807) is 26.1 Å². The van der Waals surface area contributed by atoms with E-state index in [0.29, 0.717) is 22.4 Å². The lowest BCUT2D eigenvalue weighted by atomic mass is 10.1. The number of halogens is 2. The van der Waals surface area contributed by atoms with Gasteiger partial charge in [-0.1, -0.05) is 11.6 Å². The van der Waals surface area contributed by atoms with Gasteiger partial charge in [0, 0.05) is 30.4 Å². The lowest BCUT2D eigenvalue weighted by molar-refractivity contribution is 0.226. The minimum atomic E-state index is -0.729. The number of aryl methyl sites for hydroxylation is 1. The maximum absolute atomic E-state index is 14.4. The third-order valence-corrected chi connectivity index (χ3v) is 5.53. The SMILES string of the molecule is C[C@H]1Oc2cc(cnc2N)-c2c(nn(C)c2C#N)Oc2ccnn2-c2ccc(F)c(Cl)c21. The van der Waals surface area contributed by atoms with Gasteiger partial charge in [-0.25, -0.2) is 14.1 Å². The van der Waals surface area contributed by atoms with Gasteiger partial charge >= 0.3 is 0 Å². The molecule has 9 nitrogen and oxygen atoms in total. The number of anilines is 1. The Bertz CT molecular complexity index is 1420. The Hall–Kier alpha value is -4.10. The van der Waals surface area contributed by atoms with Gasteiger partial charge in [-0.15, -0.1) is 5.10 Å². The first kappa shape index (κ1) is 19.8. The zero-order valence-electron chi connectivity index (χ0n) is 16.9. The van der Waals surface area contributed by atoms with E-state index in [2.05, 4.69) is 21.3 Å². The normalized spacial score (nSPS) is 14.5. The van der Waals surface area contributed by atoms with E-state index in [4.69, 9.17) is 26.8 Å². The summed E-state index contributed by atoms with van der Waals surface area (Å²) in [5.74, 6) is 0.201. The number of hydrogen-bond acceptors (Lipinski definition) is 7. The number of benzene rings is 1. The quantitative estimate of drug-likeness (QED) is 0.426. The van der Waals surface area contributed by atoms with E-state index in [-0.39, 0.29) is 34.0 Å². The number of nitrogen functional groups attached to an aromatic ring is 1. The molecule has 0 saturated heterocycles. The van der Waals surface area contributed by atoms with E-state index in [1.807, 2.05) is 0 Å². The Morgan fingerprint density at radius 2 is 2.12 bits per heavy atom. The first-order valence-corrected chi connectivity index (χ1v) is 9.86. The van der Waals surface area contributed by atoms with E-state index in [1.165, 1.54) is 33.9 Å². The molecule has 3 aromatic heterocycles. The second kappa shape index (κ2) is 7.25. The van der Waals surface area contributed by atoms with Gasteiger partial charge in [-0.2, -0.15) is 10.4 Å². The summed E-state index contributed by atoms with van der Waals surface area (Å²) in [6.45, 7) is 1.71. The molecule has 0 aliphatic carbocycles. The molecule has 0 amide bonds. The van der Waals surface area contributed by atoms with Crippen molar-refractivity contribution in [1.82, 2.24) is 24.5 Å². The first-order chi connectivity index (χ1) is 15.4. The Labute approximate surface area is 186 Å². The van der Waals surface area contributed by atoms with Crippen molar-refractivity contribution in [2.75, 3.05) is 5.73 Å². The molecule has 0 saturated carbocycles. The van der Waals surface area contributed by atoms with Crippen LogP contribution < -0.4 is 15.2 Å². The van der Waals surface area contributed by atoms with Crippen molar-refractivity contribution in [1.29, 1.82) is 5.26 Å². The molecule has 32 heavy (non-hydrogen) atoms. The molecule has 2 N–H and O–H groups in total. The highest BCUT2D eigenvalue weighted by atomic mass is 35.5. The Kier molecular flexibility index (Phi) is 4.49. The minimum Gasteiger partial charge on any atom is -0.482 e. The van der Waals surface area contributed by atoms with Crippen molar-refractivity contribution in [3.05, 3.63) is 58.8 Å². The molecule has 0 radical (unpaired) electrons. The fourth-order valence-electron chi connectivity index (χ4n) is 3.67. The van der Waals surface area contributed by atoms with Crippen LogP contribution in [0.2, 0.25) is 5.02 Å². The van der Waals surface area contributed by atoms with Crippen LogP contribution in [0.3, 0.4) is 0 Å². The molecule has 1 atom stereocenters. The molecule has 4 aromatic rings. The van der Waals surface area contributed by atoms with E-state index < -0.39 is 11.9 Å². The highest BCUT2D eigenvalue weighted by Gasteiger charge is 2.27. The van der Waals surface area contributed by atoms with Crippen molar-refractivity contribution < 1.29 is 13.9 Å². The van der Waals surface area contributed by atoms with Gasteiger partial charge in [0.25, 0.3) is 0 Å². The Balaban J connectivity index is 1.85. The van der Waals surface area contributed by atoms with Gasteiger partial charge in [0.2, 0.25) is 11.8 Å². The van der Waals surface area contributed by atoms with Crippen LogP contribution in [0.5, 0.6) is 17.5 Å². The number of rotatable bonds is 0. The Morgan fingerprint density at radius 3 is 2.91 bits per heavy atom. The summed E-state index contributed by atoms with van der Waals surface area (Å²) < 4.78 is 29.4. The molecule has 1 aliphatic heterocycles. The number of nitriles is 1. The molecule has 160 valence electrons. The average Bonchev–Trinajstić information content (AvgIpc) is 3.34. The molecule has 4 heterocycles. The lowest BCUT2D eigenvalue weighted by Gasteiger charge is -2.22. The van der Waals surface area contributed by atoms with Gasteiger partial charge < -0.3 is 15.2 Å². The fourth-order valence-corrected chi connectivity index (χ4v) is 3.98. The summed E-state index contributed by atoms with van der Waals surface area (Å²) in [4.78, 5) is 4.20. The van der Waals surface area contributed by atoms with Crippen LogP contribution in [-0.2, 0) is 7.05 Å². The van der Waals surface area contributed by atoms with Gasteiger partial charge in [0.1, 0.15) is 23.7 Å². The van der Waals surface area contributed by atoms with Crippen molar-refractivity contribution in [2.24, 2.45) is 7.05 Å². The maximum Gasteiger partial charge on any atom is 0.249 e. The van der Waals surface area contributed by atoms with Crippen LogP contribution in [0.25, 0.3) is 16.8 Å². The molecular weight excluding hydrogens is 437 g/mol. The largest absolute Gasteiger partial charge is 0.482 e. The third kappa shape index (κ3) is 2.94. The second-order valence-electron chi connectivity index (χ2n) is 7.11. The highest BCUT2D eigenvalue weighted by molar-refractivity contribution is 6.31. The molecule has 1 aromatic carbocycles. The molecule has 0 unspecified atom stereocenters. The predicted octanol–water partition coefficient (Wildman–Crippen LogP) is 4.16. The fraction of sp³-hybridized carbons (Fsp3) is 0.143. The summed E-state index contributed by atoms with van der Waals surface area (Å²) in [5.41, 5.74) is 8.04. The van der Waals surface area contributed by atoms with Crippen molar-refractivity contribution >= 4 is 17.4 Å². The summed E-state index contributed by atoms with van der Waals surface area (Å²) in [5, 5.41) is 18.3. The number of aromatic nitrogens is 5. The summed E-state index contributed by atoms with van der Waals surface area (Å²) >= 11 is 6.35. The minimum absolute atomic E-state index is 0.110. The van der Waals surface area contributed by atoms with Gasteiger partial charge in [-0.3, -0.25) is 4.68 Å². The van der Waals surface area contributed by atoms with Gasteiger partial charge in [-0.05, 0) is 25.1 Å². The topological polar surface area (TPSA) is 117 Å².